The number of likely N-dealkylation sites (tertiary alicyclic amines) is 1. The summed E-state index contributed by atoms with van der Waals surface area (Å²) < 4.78 is 0. The van der Waals surface area contributed by atoms with Crippen LogP contribution < -0.4 is 0 Å². The molecular formula is C8H11NO. The van der Waals surface area contributed by atoms with Crippen molar-refractivity contribution < 1.29 is 4.79 Å². The van der Waals surface area contributed by atoms with Crippen LogP contribution in [0.2, 0.25) is 0 Å². The zero-order valence-electron chi connectivity index (χ0n) is 6.18. The number of hydrogen-bond acceptors (Lipinski definition) is 1. The van der Waals surface area contributed by atoms with Crippen LogP contribution in [0.4, 0.5) is 0 Å². The SMILES string of the molecule is CC#CC(=O)N1CCCC1. The van der Waals surface area contributed by atoms with Crippen molar-refractivity contribution in [1.29, 1.82) is 0 Å². The Morgan fingerprint density at radius 3 is 2.50 bits per heavy atom. The number of nitrogens with zero attached hydrogens (tertiary/aromatic N) is 1. The van der Waals surface area contributed by atoms with Crippen molar-refractivity contribution in [3.05, 3.63) is 0 Å². The van der Waals surface area contributed by atoms with Crippen molar-refractivity contribution in [2.24, 2.45) is 0 Å². The number of rotatable bonds is 0. The van der Waals surface area contributed by atoms with Crippen LogP contribution in [0.15, 0.2) is 0 Å². The van der Waals surface area contributed by atoms with Crippen molar-refractivity contribution in [3.63, 3.8) is 0 Å². The average molecular weight is 137 g/mol. The molecule has 1 aliphatic heterocycles. The van der Waals surface area contributed by atoms with E-state index >= 15 is 0 Å². The Morgan fingerprint density at radius 2 is 2.00 bits per heavy atom. The van der Waals surface area contributed by atoms with Gasteiger partial charge in [0, 0.05) is 13.1 Å². The molecule has 2 nitrogen and oxygen atoms in total. The third-order valence-electron chi connectivity index (χ3n) is 1.63. The quantitative estimate of drug-likeness (QED) is 0.448. The van der Waals surface area contributed by atoms with E-state index < -0.39 is 0 Å². The van der Waals surface area contributed by atoms with Crippen LogP contribution >= 0.6 is 0 Å². The van der Waals surface area contributed by atoms with Crippen LogP contribution in [0.3, 0.4) is 0 Å². The molecular weight excluding hydrogens is 126 g/mol. The Hall–Kier alpha value is -0.970. The molecule has 10 heavy (non-hydrogen) atoms. The second-order valence-corrected chi connectivity index (χ2v) is 2.37. The first kappa shape index (κ1) is 7.14. The number of carbonyl (C=O) groups excluding carboxylic acids is 1. The summed E-state index contributed by atoms with van der Waals surface area (Å²) in [5.41, 5.74) is 0. The van der Waals surface area contributed by atoms with Crippen molar-refractivity contribution in [2.45, 2.75) is 19.8 Å². The lowest BCUT2D eigenvalue weighted by atomic mass is 10.4. The van der Waals surface area contributed by atoms with E-state index in [2.05, 4.69) is 11.8 Å². The highest BCUT2D eigenvalue weighted by Gasteiger charge is 2.14. The fourth-order valence-corrected chi connectivity index (χ4v) is 1.11. The summed E-state index contributed by atoms with van der Waals surface area (Å²) >= 11 is 0. The zero-order valence-corrected chi connectivity index (χ0v) is 6.18. The molecule has 0 spiro atoms. The molecule has 1 aliphatic rings. The average Bonchev–Trinajstić information content (AvgIpc) is 2.38. The van der Waals surface area contributed by atoms with Crippen LogP contribution in [0.5, 0.6) is 0 Å². The van der Waals surface area contributed by atoms with Gasteiger partial charge in [0.1, 0.15) is 0 Å². The van der Waals surface area contributed by atoms with Crippen LogP contribution in [0, 0.1) is 11.8 Å². The van der Waals surface area contributed by atoms with Gasteiger partial charge < -0.3 is 4.90 Å². The summed E-state index contributed by atoms with van der Waals surface area (Å²) in [6.45, 7) is 3.48. The van der Waals surface area contributed by atoms with E-state index in [1.54, 1.807) is 11.8 Å². The van der Waals surface area contributed by atoms with E-state index in [1.165, 1.54) is 0 Å². The second kappa shape index (κ2) is 3.26. The van der Waals surface area contributed by atoms with Gasteiger partial charge in [-0.25, -0.2) is 0 Å². The lowest BCUT2D eigenvalue weighted by Crippen LogP contribution is -2.25. The van der Waals surface area contributed by atoms with Gasteiger partial charge in [0.25, 0.3) is 5.91 Å². The maximum atomic E-state index is 11.0. The first-order valence-corrected chi connectivity index (χ1v) is 3.56. The minimum atomic E-state index is -0.0139. The van der Waals surface area contributed by atoms with Crippen molar-refractivity contribution >= 4 is 5.91 Å². The predicted octanol–water partition coefficient (Wildman–Crippen LogP) is 0.632. The van der Waals surface area contributed by atoms with Gasteiger partial charge in [-0.2, -0.15) is 0 Å². The predicted molar refractivity (Wildman–Crippen MR) is 39.3 cm³/mol. The molecule has 0 aromatic carbocycles. The Kier molecular flexibility index (Phi) is 2.33. The Morgan fingerprint density at radius 1 is 1.40 bits per heavy atom. The second-order valence-electron chi connectivity index (χ2n) is 2.37. The Bertz CT molecular complexity index is 181. The van der Waals surface area contributed by atoms with E-state index in [9.17, 15) is 4.79 Å². The van der Waals surface area contributed by atoms with E-state index in [0.29, 0.717) is 0 Å². The number of hydrogen-bond donors (Lipinski definition) is 0. The molecule has 0 saturated carbocycles. The van der Waals surface area contributed by atoms with Crippen LogP contribution in [0.1, 0.15) is 19.8 Å². The highest BCUT2D eigenvalue weighted by molar-refractivity contribution is 5.93. The van der Waals surface area contributed by atoms with Gasteiger partial charge in [-0.05, 0) is 25.7 Å². The van der Waals surface area contributed by atoms with Gasteiger partial charge >= 0.3 is 0 Å². The molecule has 0 N–H and O–H groups in total. The molecule has 0 aromatic heterocycles. The highest BCUT2D eigenvalue weighted by atomic mass is 16.2. The van der Waals surface area contributed by atoms with Gasteiger partial charge in [0.05, 0.1) is 0 Å². The number of carbonyl (C=O) groups is 1. The third-order valence-corrected chi connectivity index (χ3v) is 1.63. The molecule has 0 radical (unpaired) electrons. The largest absolute Gasteiger partial charge is 0.332 e. The summed E-state index contributed by atoms with van der Waals surface area (Å²) in [4.78, 5) is 12.8. The van der Waals surface area contributed by atoms with Gasteiger partial charge in [-0.15, -0.1) is 0 Å². The van der Waals surface area contributed by atoms with Crippen LogP contribution in [-0.2, 0) is 4.79 Å². The van der Waals surface area contributed by atoms with E-state index in [0.717, 1.165) is 25.9 Å². The molecule has 1 heterocycles. The molecule has 1 rings (SSSR count). The molecule has 0 atom stereocenters. The minimum Gasteiger partial charge on any atom is -0.332 e. The Balaban J connectivity index is 2.45. The molecule has 0 aliphatic carbocycles. The lowest BCUT2D eigenvalue weighted by Gasteiger charge is -2.09. The van der Waals surface area contributed by atoms with Crippen molar-refractivity contribution in [2.75, 3.05) is 13.1 Å². The van der Waals surface area contributed by atoms with Crippen molar-refractivity contribution in [3.8, 4) is 11.8 Å². The summed E-state index contributed by atoms with van der Waals surface area (Å²) in [5, 5.41) is 0. The molecule has 1 amide bonds. The van der Waals surface area contributed by atoms with Crippen LogP contribution in [-0.4, -0.2) is 23.9 Å². The summed E-state index contributed by atoms with van der Waals surface area (Å²) in [7, 11) is 0. The first-order valence-electron chi connectivity index (χ1n) is 3.56. The zero-order chi connectivity index (χ0) is 7.40. The first-order chi connectivity index (χ1) is 4.84. The fourth-order valence-electron chi connectivity index (χ4n) is 1.11. The standard InChI is InChI=1S/C8H11NO/c1-2-5-8(10)9-6-3-4-7-9/h3-4,6-7H2,1H3. The molecule has 1 fully saturated rings. The number of amides is 1. The minimum absolute atomic E-state index is 0.0139. The summed E-state index contributed by atoms with van der Waals surface area (Å²) in [6, 6.07) is 0. The molecule has 0 aromatic rings. The van der Waals surface area contributed by atoms with Crippen LogP contribution in [0.25, 0.3) is 0 Å². The molecule has 54 valence electrons. The summed E-state index contributed by atoms with van der Waals surface area (Å²) in [6.07, 6.45) is 2.27. The Labute approximate surface area is 61.2 Å². The lowest BCUT2D eigenvalue weighted by molar-refractivity contribution is -0.124. The molecule has 0 bridgehead atoms. The maximum Gasteiger partial charge on any atom is 0.298 e. The van der Waals surface area contributed by atoms with Gasteiger partial charge in [0.15, 0.2) is 0 Å². The summed E-state index contributed by atoms with van der Waals surface area (Å²) in [5.74, 6) is 5.11. The fraction of sp³-hybridized carbons (Fsp3) is 0.625. The third kappa shape index (κ3) is 1.51. The van der Waals surface area contributed by atoms with E-state index in [-0.39, 0.29) is 5.91 Å². The van der Waals surface area contributed by atoms with Gasteiger partial charge in [-0.3, -0.25) is 4.79 Å². The molecule has 0 unspecified atom stereocenters. The van der Waals surface area contributed by atoms with Crippen molar-refractivity contribution in [1.82, 2.24) is 4.90 Å². The normalized spacial score (nSPS) is 16.3. The highest BCUT2D eigenvalue weighted by Crippen LogP contribution is 2.06. The maximum absolute atomic E-state index is 11.0. The smallest absolute Gasteiger partial charge is 0.298 e. The monoisotopic (exact) mass is 137 g/mol. The molecule has 1 saturated heterocycles. The van der Waals surface area contributed by atoms with Gasteiger partial charge in [0.2, 0.25) is 0 Å². The van der Waals surface area contributed by atoms with E-state index in [4.69, 9.17) is 0 Å². The van der Waals surface area contributed by atoms with Gasteiger partial charge in [-0.1, -0.05) is 5.92 Å². The molecule has 2 heteroatoms. The van der Waals surface area contributed by atoms with E-state index in [1.807, 2.05) is 0 Å². The topological polar surface area (TPSA) is 20.3 Å².